The first-order valence-corrected chi connectivity index (χ1v) is 7.76. The lowest BCUT2D eigenvalue weighted by Crippen LogP contribution is -2.52. The number of carbonyl (C=O) groups is 1. The van der Waals surface area contributed by atoms with E-state index in [-0.39, 0.29) is 13.1 Å². The smallest absolute Gasteiger partial charge is 0.330 e. The van der Waals surface area contributed by atoms with Gasteiger partial charge >= 0.3 is 17.8 Å². The van der Waals surface area contributed by atoms with Crippen molar-refractivity contribution in [3.63, 3.8) is 0 Å². The molecular weight excluding hydrogens is 380 g/mol. The Kier molecular flexibility index (Phi) is 7.63. The van der Waals surface area contributed by atoms with Crippen molar-refractivity contribution in [3.05, 3.63) is 0 Å². The average Bonchev–Trinajstić information content (AvgIpc) is 2.50. The molecular formula is C14H20F8N2O2. The zero-order chi connectivity index (χ0) is 20.2. The van der Waals surface area contributed by atoms with Crippen molar-refractivity contribution in [3.8, 4) is 0 Å². The van der Waals surface area contributed by atoms with E-state index in [1.807, 2.05) is 0 Å². The number of rotatable bonds is 9. The maximum absolute atomic E-state index is 13.8. The van der Waals surface area contributed by atoms with Crippen LogP contribution in [0.4, 0.5) is 35.1 Å². The number of hydrogen-bond acceptors (Lipinski definition) is 3. The van der Waals surface area contributed by atoms with Crippen LogP contribution in [0.5, 0.6) is 0 Å². The maximum atomic E-state index is 13.8. The van der Waals surface area contributed by atoms with Gasteiger partial charge in [0.1, 0.15) is 0 Å². The molecule has 12 heteroatoms. The highest BCUT2D eigenvalue weighted by atomic mass is 19.3. The molecule has 0 aromatic rings. The van der Waals surface area contributed by atoms with Crippen molar-refractivity contribution in [2.45, 2.75) is 37.0 Å². The van der Waals surface area contributed by atoms with Gasteiger partial charge in [-0.15, -0.1) is 0 Å². The Morgan fingerprint density at radius 2 is 1.62 bits per heavy atom. The van der Waals surface area contributed by atoms with Crippen LogP contribution in [0.1, 0.15) is 12.8 Å². The van der Waals surface area contributed by atoms with E-state index in [4.69, 9.17) is 4.74 Å². The van der Waals surface area contributed by atoms with Crippen LogP contribution in [0.2, 0.25) is 0 Å². The molecule has 0 aromatic heterocycles. The quantitative estimate of drug-likeness (QED) is 0.558. The highest BCUT2D eigenvalue weighted by molar-refractivity contribution is 5.83. The molecule has 154 valence electrons. The number of hydrogen-bond donors (Lipinski definition) is 0. The van der Waals surface area contributed by atoms with Crippen molar-refractivity contribution in [2.75, 3.05) is 46.4 Å². The third-order valence-electron chi connectivity index (χ3n) is 3.90. The summed E-state index contributed by atoms with van der Waals surface area (Å²) in [6, 6.07) is 0. The molecule has 0 aliphatic carbocycles. The molecule has 1 amide bonds. The number of nitrogens with zero attached hydrogens (tertiary/aromatic N) is 2. The first kappa shape index (κ1) is 22.9. The molecule has 0 bridgehead atoms. The van der Waals surface area contributed by atoms with Gasteiger partial charge in [0.2, 0.25) is 6.43 Å². The van der Waals surface area contributed by atoms with Crippen molar-refractivity contribution < 1.29 is 44.7 Å². The van der Waals surface area contributed by atoms with Crippen LogP contribution < -0.4 is 0 Å². The topological polar surface area (TPSA) is 32.8 Å². The summed E-state index contributed by atoms with van der Waals surface area (Å²) >= 11 is 0. The molecule has 26 heavy (non-hydrogen) atoms. The molecule has 0 N–H and O–H groups in total. The van der Waals surface area contributed by atoms with Gasteiger partial charge in [0.25, 0.3) is 5.91 Å². The SMILES string of the molecule is CN(CCN1CCOCC1)C(=O)C(F)(F)CC(F)(F)C(F)(F)CC(F)F. The zero-order valence-corrected chi connectivity index (χ0v) is 14.0. The van der Waals surface area contributed by atoms with Crippen molar-refractivity contribution >= 4 is 5.91 Å². The Balaban J connectivity index is 2.67. The summed E-state index contributed by atoms with van der Waals surface area (Å²) < 4.78 is 110. The molecule has 0 saturated carbocycles. The molecule has 1 saturated heterocycles. The largest absolute Gasteiger partial charge is 0.379 e. The van der Waals surface area contributed by atoms with Gasteiger partial charge in [-0.2, -0.15) is 26.3 Å². The monoisotopic (exact) mass is 400 g/mol. The lowest BCUT2D eigenvalue weighted by atomic mass is 10.0. The van der Waals surface area contributed by atoms with E-state index >= 15 is 0 Å². The van der Waals surface area contributed by atoms with Crippen LogP contribution in [-0.4, -0.2) is 86.3 Å². The number of amides is 1. The Morgan fingerprint density at radius 1 is 1.08 bits per heavy atom. The standard InChI is InChI=1S/C14H20F8N2O2/c1-23(2-3-24-4-6-26-7-5-24)11(25)12(17,18)9-14(21,22)13(19,20)8-10(15)16/h10H,2-9H2,1H3. The van der Waals surface area contributed by atoms with E-state index in [0.29, 0.717) is 31.2 Å². The minimum absolute atomic E-state index is 0.166. The second-order valence-corrected chi connectivity index (χ2v) is 6.07. The van der Waals surface area contributed by atoms with E-state index in [9.17, 15) is 39.9 Å². The highest BCUT2D eigenvalue weighted by Gasteiger charge is 2.63. The van der Waals surface area contributed by atoms with Crippen molar-refractivity contribution in [1.29, 1.82) is 0 Å². The number of ether oxygens (including phenoxy) is 1. The fourth-order valence-corrected chi connectivity index (χ4v) is 2.32. The summed E-state index contributed by atoms with van der Waals surface area (Å²) in [7, 11) is 0.923. The second kappa shape index (κ2) is 8.68. The summed E-state index contributed by atoms with van der Waals surface area (Å²) in [6.07, 6.45) is -9.23. The van der Waals surface area contributed by atoms with Gasteiger partial charge in [0.15, 0.2) is 0 Å². The van der Waals surface area contributed by atoms with Crippen LogP contribution in [0.3, 0.4) is 0 Å². The van der Waals surface area contributed by atoms with Gasteiger partial charge in [0, 0.05) is 33.2 Å². The van der Waals surface area contributed by atoms with Crippen LogP contribution in [0, 0.1) is 0 Å². The number of halogens is 8. The number of likely N-dealkylation sites (N-methyl/N-ethyl adjacent to an activating group) is 1. The Morgan fingerprint density at radius 3 is 2.12 bits per heavy atom. The summed E-state index contributed by atoms with van der Waals surface area (Å²) in [5.74, 6) is -17.7. The molecule has 0 radical (unpaired) electrons. The minimum Gasteiger partial charge on any atom is -0.379 e. The fourth-order valence-electron chi connectivity index (χ4n) is 2.32. The van der Waals surface area contributed by atoms with Gasteiger partial charge in [-0.25, -0.2) is 8.78 Å². The number of morpholine rings is 1. The van der Waals surface area contributed by atoms with E-state index in [0.717, 1.165) is 7.05 Å². The van der Waals surface area contributed by atoms with Crippen LogP contribution in [0.25, 0.3) is 0 Å². The van der Waals surface area contributed by atoms with Crippen molar-refractivity contribution in [1.82, 2.24) is 9.80 Å². The molecule has 1 aliphatic heterocycles. The van der Waals surface area contributed by atoms with Gasteiger partial charge in [-0.1, -0.05) is 0 Å². The van der Waals surface area contributed by atoms with Gasteiger partial charge in [-0.3, -0.25) is 9.69 Å². The molecule has 1 heterocycles. The van der Waals surface area contributed by atoms with Crippen LogP contribution in [-0.2, 0) is 9.53 Å². The zero-order valence-electron chi connectivity index (χ0n) is 14.0. The summed E-state index contributed by atoms with van der Waals surface area (Å²) in [5.41, 5.74) is 0. The molecule has 0 aromatic carbocycles. The predicted octanol–water partition coefficient (Wildman–Crippen LogP) is 2.73. The van der Waals surface area contributed by atoms with Crippen molar-refractivity contribution in [2.24, 2.45) is 0 Å². The highest BCUT2D eigenvalue weighted by Crippen LogP contribution is 2.45. The second-order valence-electron chi connectivity index (χ2n) is 6.07. The first-order valence-electron chi connectivity index (χ1n) is 7.76. The lowest BCUT2D eigenvalue weighted by Gasteiger charge is -2.32. The Labute approximate surface area is 145 Å². The fraction of sp³-hybridized carbons (Fsp3) is 0.929. The minimum atomic E-state index is -5.46. The van der Waals surface area contributed by atoms with E-state index < -0.39 is 42.9 Å². The molecule has 1 rings (SSSR count). The molecule has 1 fully saturated rings. The van der Waals surface area contributed by atoms with E-state index in [2.05, 4.69) is 0 Å². The molecule has 4 nitrogen and oxygen atoms in total. The predicted molar refractivity (Wildman–Crippen MR) is 75.0 cm³/mol. The maximum Gasteiger partial charge on any atom is 0.330 e. The summed E-state index contributed by atoms with van der Waals surface area (Å²) in [6.45, 7) is 1.75. The lowest BCUT2D eigenvalue weighted by molar-refractivity contribution is -0.249. The van der Waals surface area contributed by atoms with Crippen LogP contribution in [0.15, 0.2) is 0 Å². The molecule has 0 unspecified atom stereocenters. The molecule has 0 spiro atoms. The van der Waals surface area contributed by atoms with Crippen LogP contribution >= 0.6 is 0 Å². The van der Waals surface area contributed by atoms with E-state index in [1.54, 1.807) is 4.90 Å². The van der Waals surface area contributed by atoms with Gasteiger partial charge in [-0.05, 0) is 0 Å². The molecule has 1 aliphatic rings. The van der Waals surface area contributed by atoms with E-state index in [1.165, 1.54) is 0 Å². The summed E-state index contributed by atoms with van der Waals surface area (Å²) in [4.78, 5) is 13.9. The Bertz CT molecular complexity index is 470. The van der Waals surface area contributed by atoms with Gasteiger partial charge in [0.05, 0.1) is 26.1 Å². The Hall–Kier alpha value is -1.17. The average molecular weight is 400 g/mol. The summed E-state index contributed by atoms with van der Waals surface area (Å²) in [5, 5.41) is 0. The first-order chi connectivity index (χ1) is 11.8. The number of carbonyl (C=O) groups excluding carboxylic acids is 1. The number of alkyl halides is 8. The normalized spacial score (nSPS) is 17.6. The third kappa shape index (κ3) is 6.22. The molecule has 0 atom stereocenters. The third-order valence-corrected chi connectivity index (χ3v) is 3.90. The van der Waals surface area contributed by atoms with Gasteiger partial charge < -0.3 is 9.64 Å².